The summed E-state index contributed by atoms with van der Waals surface area (Å²) in [6.07, 6.45) is 5.20. The zero-order valence-corrected chi connectivity index (χ0v) is 15.0. The average molecular weight is 350 g/mol. The van der Waals surface area contributed by atoms with E-state index in [9.17, 15) is 4.79 Å². The first-order valence-corrected chi connectivity index (χ1v) is 8.88. The number of nitrogens with zero attached hydrogens (tertiary/aromatic N) is 5. The van der Waals surface area contributed by atoms with E-state index in [-0.39, 0.29) is 18.0 Å². The third kappa shape index (κ3) is 2.74. The second kappa shape index (κ2) is 6.49. The Hall–Kier alpha value is -2.80. The molecule has 1 aliphatic heterocycles. The fourth-order valence-corrected chi connectivity index (χ4v) is 3.69. The van der Waals surface area contributed by atoms with Crippen LogP contribution >= 0.6 is 0 Å². The zero-order valence-electron chi connectivity index (χ0n) is 15.0. The molecule has 7 nitrogen and oxygen atoms in total. The van der Waals surface area contributed by atoms with E-state index in [1.165, 1.54) is 0 Å². The van der Waals surface area contributed by atoms with Gasteiger partial charge in [0.1, 0.15) is 0 Å². The molecule has 2 N–H and O–H groups in total. The number of piperidine rings is 1. The first kappa shape index (κ1) is 16.7. The molecule has 0 bridgehead atoms. The SMILES string of the molecule is Cc1c(C(=O)N2CC[C@@H](N)C[C@@H]2C)nnn1-c1cccc2cnccc12. The van der Waals surface area contributed by atoms with Gasteiger partial charge in [-0.1, -0.05) is 17.3 Å². The Morgan fingerprint density at radius 3 is 2.96 bits per heavy atom. The van der Waals surface area contributed by atoms with E-state index in [2.05, 4.69) is 15.3 Å². The van der Waals surface area contributed by atoms with Crippen LogP contribution in [0.4, 0.5) is 0 Å². The number of hydrogen-bond donors (Lipinski definition) is 1. The van der Waals surface area contributed by atoms with Crippen molar-refractivity contribution in [3.05, 3.63) is 48.0 Å². The molecule has 1 aliphatic rings. The van der Waals surface area contributed by atoms with E-state index >= 15 is 0 Å². The maximum atomic E-state index is 13.0. The standard InChI is InChI=1S/C19H22N6O/c1-12-10-15(20)7-9-24(12)19(26)18-13(2)25(23-22-18)17-5-3-4-14-11-21-8-6-16(14)17/h3-6,8,11-12,15H,7,9-10,20H2,1-2H3/t12-,15+/m0/s1. The summed E-state index contributed by atoms with van der Waals surface area (Å²) in [6, 6.07) is 8.15. The minimum Gasteiger partial charge on any atom is -0.334 e. The maximum absolute atomic E-state index is 13.0. The van der Waals surface area contributed by atoms with Gasteiger partial charge in [0.05, 0.1) is 11.4 Å². The monoisotopic (exact) mass is 350 g/mol. The minimum atomic E-state index is -0.0740. The summed E-state index contributed by atoms with van der Waals surface area (Å²) in [5, 5.41) is 10.5. The van der Waals surface area contributed by atoms with Gasteiger partial charge in [-0.3, -0.25) is 9.78 Å². The van der Waals surface area contributed by atoms with Crippen molar-refractivity contribution in [2.24, 2.45) is 5.73 Å². The lowest BCUT2D eigenvalue weighted by atomic mass is 9.98. The molecule has 1 fully saturated rings. The van der Waals surface area contributed by atoms with E-state index in [1.54, 1.807) is 10.9 Å². The average Bonchev–Trinajstić information content (AvgIpc) is 3.02. The molecule has 4 rings (SSSR count). The van der Waals surface area contributed by atoms with Crippen LogP contribution < -0.4 is 5.73 Å². The second-order valence-corrected chi connectivity index (χ2v) is 6.94. The lowest BCUT2D eigenvalue weighted by molar-refractivity contribution is 0.0612. The first-order valence-electron chi connectivity index (χ1n) is 8.88. The number of rotatable bonds is 2. The first-order chi connectivity index (χ1) is 12.6. The minimum absolute atomic E-state index is 0.0740. The summed E-state index contributed by atoms with van der Waals surface area (Å²) in [4.78, 5) is 19.0. The van der Waals surface area contributed by atoms with Gasteiger partial charge in [0.15, 0.2) is 5.69 Å². The number of fused-ring (bicyclic) bond motifs is 1. The van der Waals surface area contributed by atoms with Crippen molar-refractivity contribution in [3.8, 4) is 5.69 Å². The maximum Gasteiger partial charge on any atom is 0.276 e. The molecule has 1 saturated heterocycles. The van der Waals surface area contributed by atoms with Gasteiger partial charge in [0.2, 0.25) is 0 Å². The lowest BCUT2D eigenvalue weighted by Gasteiger charge is -2.36. The van der Waals surface area contributed by atoms with Gasteiger partial charge in [-0.05, 0) is 38.8 Å². The van der Waals surface area contributed by atoms with Gasteiger partial charge in [-0.25, -0.2) is 4.68 Å². The molecule has 7 heteroatoms. The van der Waals surface area contributed by atoms with Crippen molar-refractivity contribution >= 4 is 16.7 Å². The topological polar surface area (TPSA) is 89.9 Å². The number of carbonyl (C=O) groups excluding carboxylic acids is 1. The van der Waals surface area contributed by atoms with Crippen LogP contribution in [0.3, 0.4) is 0 Å². The number of hydrogen-bond acceptors (Lipinski definition) is 5. The molecular weight excluding hydrogens is 328 g/mol. The third-order valence-electron chi connectivity index (χ3n) is 5.16. The molecule has 3 aromatic rings. The van der Waals surface area contributed by atoms with Crippen molar-refractivity contribution in [1.82, 2.24) is 24.9 Å². The largest absolute Gasteiger partial charge is 0.334 e. The molecular formula is C19H22N6O. The molecule has 1 aromatic carbocycles. The van der Waals surface area contributed by atoms with Gasteiger partial charge < -0.3 is 10.6 Å². The van der Waals surface area contributed by atoms with Crippen molar-refractivity contribution in [2.75, 3.05) is 6.54 Å². The number of amides is 1. The van der Waals surface area contributed by atoms with Crippen LogP contribution in [-0.2, 0) is 0 Å². The Labute approximate surface area is 151 Å². The van der Waals surface area contributed by atoms with Gasteiger partial charge >= 0.3 is 0 Å². The summed E-state index contributed by atoms with van der Waals surface area (Å²) in [7, 11) is 0. The highest BCUT2D eigenvalue weighted by molar-refractivity contribution is 5.94. The Morgan fingerprint density at radius 1 is 1.31 bits per heavy atom. The quantitative estimate of drug-likeness (QED) is 0.764. The number of aromatic nitrogens is 4. The van der Waals surface area contributed by atoms with Gasteiger partial charge in [0.25, 0.3) is 5.91 Å². The van der Waals surface area contributed by atoms with E-state index in [4.69, 9.17) is 5.73 Å². The van der Waals surface area contributed by atoms with Gasteiger partial charge in [-0.2, -0.15) is 0 Å². The van der Waals surface area contributed by atoms with Crippen LogP contribution in [0.5, 0.6) is 0 Å². The zero-order chi connectivity index (χ0) is 18.3. The molecule has 0 saturated carbocycles. The number of carbonyl (C=O) groups is 1. The molecule has 0 radical (unpaired) electrons. The molecule has 134 valence electrons. The Kier molecular flexibility index (Phi) is 4.16. The van der Waals surface area contributed by atoms with Crippen LogP contribution in [0.25, 0.3) is 16.5 Å². The predicted molar refractivity (Wildman–Crippen MR) is 99.1 cm³/mol. The van der Waals surface area contributed by atoms with Crippen molar-refractivity contribution in [1.29, 1.82) is 0 Å². The Bertz CT molecular complexity index is 960. The number of nitrogens with two attached hydrogens (primary N) is 1. The molecule has 0 aliphatic carbocycles. The molecule has 3 heterocycles. The smallest absolute Gasteiger partial charge is 0.276 e. The highest BCUT2D eigenvalue weighted by atomic mass is 16.2. The molecule has 0 unspecified atom stereocenters. The fourth-order valence-electron chi connectivity index (χ4n) is 3.69. The van der Waals surface area contributed by atoms with E-state index < -0.39 is 0 Å². The molecule has 0 spiro atoms. The van der Waals surface area contributed by atoms with E-state index in [1.807, 2.05) is 49.2 Å². The van der Waals surface area contributed by atoms with E-state index in [0.717, 1.165) is 35.0 Å². The highest BCUT2D eigenvalue weighted by Crippen LogP contribution is 2.24. The summed E-state index contributed by atoms with van der Waals surface area (Å²) in [5.41, 5.74) is 8.04. The molecule has 2 atom stereocenters. The molecule has 1 amide bonds. The Balaban J connectivity index is 1.71. The van der Waals surface area contributed by atoms with Gasteiger partial charge in [0, 0.05) is 41.8 Å². The normalized spacial score (nSPS) is 20.5. The highest BCUT2D eigenvalue weighted by Gasteiger charge is 2.30. The lowest BCUT2D eigenvalue weighted by Crippen LogP contribution is -2.48. The second-order valence-electron chi connectivity index (χ2n) is 6.94. The van der Waals surface area contributed by atoms with Crippen molar-refractivity contribution < 1.29 is 4.79 Å². The molecule has 2 aromatic heterocycles. The molecule has 26 heavy (non-hydrogen) atoms. The van der Waals surface area contributed by atoms with Crippen molar-refractivity contribution in [3.63, 3.8) is 0 Å². The summed E-state index contributed by atoms with van der Waals surface area (Å²) >= 11 is 0. The Morgan fingerprint density at radius 2 is 2.15 bits per heavy atom. The summed E-state index contributed by atoms with van der Waals surface area (Å²) < 4.78 is 1.73. The van der Waals surface area contributed by atoms with Crippen molar-refractivity contribution in [2.45, 2.75) is 38.8 Å². The fraction of sp³-hybridized carbons (Fsp3) is 0.368. The summed E-state index contributed by atoms with van der Waals surface area (Å²) in [6.45, 7) is 4.58. The van der Waals surface area contributed by atoms with Crippen LogP contribution in [0.2, 0.25) is 0 Å². The van der Waals surface area contributed by atoms with E-state index in [0.29, 0.717) is 12.2 Å². The predicted octanol–water partition coefficient (Wildman–Crippen LogP) is 2.08. The van der Waals surface area contributed by atoms with Crippen LogP contribution in [-0.4, -0.2) is 49.4 Å². The van der Waals surface area contributed by atoms with Crippen LogP contribution in [0.15, 0.2) is 36.7 Å². The van der Waals surface area contributed by atoms with Crippen LogP contribution in [0.1, 0.15) is 35.9 Å². The van der Waals surface area contributed by atoms with Crippen LogP contribution in [0, 0.1) is 6.92 Å². The number of pyridine rings is 1. The summed E-state index contributed by atoms with van der Waals surface area (Å²) in [5.74, 6) is -0.0740. The van der Waals surface area contributed by atoms with Gasteiger partial charge in [-0.15, -0.1) is 5.10 Å². The number of benzene rings is 1. The third-order valence-corrected chi connectivity index (χ3v) is 5.16. The number of likely N-dealkylation sites (tertiary alicyclic amines) is 1.